The van der Waals surface area contributed by atoms with E-state index in [1.807, 2.05) is 0 Å². The van der Waals surface area contributed by atoms with Crippen LogP contribution >= 0.6 is 0 Å². The summed E-state index contributed by atoms with van der Waals surface area (Å²) in [6.07, 6.45) is 0.926. The molecule has 0 amide bonds. The highest BCUT2D eigenvalue weighted by Gasteiger charge is 2.09. The number of carboxylic acid groups (broad SMARTS) is 1. The molecule has 0 aliphatic rings. The van der Waals surface area contributed by atoms with Crippen molar-refractivity contribution >= 4 is 5.97 Å². The largest absolute Gasteiger partial charge is 0.480 e. The van der Waals surface area contributed by atoms with Crippen molar-refractivity contribution in [2.24, 2.45) is 11.0 Å². The van der Waals surface area contributed by atoms with Gasteiger partial charge in [-0.1, -0.05) is 0 Å². The number of rotatable bonds is 6. The number of nitrogens with one attached hydrogen (secondary N) is 1. The zero-order chi connectivity index (χ0) is 9.40. The Morgan fingerprint density at radius 3 is 3.00 bits per heavy atom. The molecule has 0 heterocycles. The van der Waals surface area contributed by atoms with Gasteiger partial charge in [-0.3, -0.25) is 10.2 Å². The molecule has 0 aromatic carbocycles. The smallest absolute Gasteiger partial charge is 0.320 e. The summed E-state index contributed by atoms with van der Waals surface area (Å²) >= 11 is 0. The molecule has 7 nitrogen and oxygen atoms in total. The van der Waals surface area contributed by atoms with E-state index in [1.54, 1.807) is 0 Å². The highest BCUT2D eigenvalue weighted by molar-refractivity contribution is 5.72. The molecule has 0 aromatic rings. The third kappa shape index (κ3) is 5.33. The topological polar surface area (TPSA) is 124 Å². The van der Waals surface area contributed by atoms with Crippen molar-refractivity contribution < 1.29 is 9.90 Å². The number of carbonyl (C=O) groups is 1. The Kier molecular flexibility index (Phi) is 5.50. The van der Waals surface area contributed by atoms with Gasteiger partial charge in [-0.25, -0.2) is 0 Å². The van der Waals surface area contributed by atoms with Crippen LogP contribution in [0.2, 0.25) is 0 Å². The van der Waals surface area contributed by atoms with E-state index in [2.05, 4.69) is 15.6 Å². The first-order valence-electron chi connectivity index (χ1n) is 3.44. The summed E-state index contributed by atoms with van der Waals surface area (Å²) in [5, 5.41) is 11.4. The van der Waals surface area contributed by atoms with Crippen LogP contribution in [-0.2, 0) is 4.79 Å². The first kappa shape index (κ1) is 10.5. The van der Waals surface area contributed by atoms with Crippen LogP contribution < -0.4 is 11.2 Å². The number of azide groups is 1. The quantitative estimate of drug-likeness (QED) is 0.172. The SMILES string of the molecule is [N-]=[N+]=NNCCC[C@H](N)C(=O)O. The average Bonchev–Trinajstić information content (AvgIpc) is 2.03. The number of hydrogen-bond donors (Lipinski definition) is 3. The fourth-order valence-corrected chi connectivity index (χ4v) is 0.606. The molecule has 0 bridgehead atoms. The molecule has 0 saturated heterocycles. The lowest BCUT2D eigenvalue weighted by molar-refractivity contribution is -0.138. The summed E-state index contributed by atoms with van der Waals surface area (Å²) in [5.41, 5.74) is 15.4. The van der Waals surface area contributed by atoms with Gasteiger partial charge >= 0.3 is 5.97 Å². The Bertz CT molecular complexity index is 188. The van der Waals surface area contributed by atoms with Crippen LogP contribution in [0.15, 0.2) is 5.22 Å². The molecule has 12 heavy (non-hydrogen) atoms. The van der Waals surface area contributed by atoms with Gasteiger partial charge in [-0.15, -0.1) is 5.53 Å². The molecule has 0 spiro atoms. The monoisotopic (exact) mass is 173 g/mol. The van der Waals surface area contributed by atoms with Gasteiger partial charge in [-0.2, -0.15) is 4.91 Å². The molecule has 0 fully saturated rings. The van der Waals surface area contributed by atoms with E-state index in [9.17, 15) is 4.79 Å². The number of hydrogen-bond acceptors (Lipinski definition) is 3. The molecule has 1 atom stereocenters. The molecule has 0 saturated carbocycles. The van der Waals surface area contributed by atoms with Crippen LogP contribution in [0.1, 0.15) is 12.8 Å². The van der Waals surface area contributed by atoms with Crippen LogP contribution in [0.3, 0.4) is 0 Å². The summed E-state index contributed by atoms with van der Waals surface area (Å²) in [4.78, 5) is 12.6. The maximum absolute atomic E-state index is 10.2. The zero-order valence-electron chi connectivity index (χ0n) is 6.47. The van der Waals surface area contributed by atoms with Crippen molar-refractivity contribution in [3.8, 4) is 0 Å². The minimum Gasteiger partial charge on any atom is -0.480 e. The lowest BCUT2D eigenvalue weighted by Crippen LogP contribution is -2.30. The van der Waals surface area contributed by atoms with Crippen molar-refractivity contribution in [1.82, 2.24) is 5.43 Å². The molecule has 0 aliphatic carbocycles. The van der Waals surface area contributed by atoms with Crippen LogP contribution in [0.4, 0.5) is 0 Å². The molecule has 7 heteroatoms. The number of carboxylic acids is 1. The van der Waals surface area contributed by atoms with Gasteiger partial charge in [0, 0.05) is 0 Å². The van der Waals surface area contributed by atoms with Crippen molar-refractivity contribution in [1.29, 1.82) is 0 Å². The van der Waals surface area contributed by atoms with E-state index in [4.69, 9.17) is 16.4 Å². The van der Waals surface area contributed by atoms with E-state index in [0.29, 0.717) is 19.4 Å². The van der Waals surface area contributed by atoms with E-state index >= 15 is 0 Å². The van der Waals surface area contributed by atoms with Crippen molar-refractivity contribution in [3.05, 3.63) is 10.4 Å². The van der Waals surface area contributed by atoms with E-state index in [1.165, 1.54) is 0 Å². The summed E-state index contributed by atoms with van der Waals surface area (Å²) in [5.74, 6) is -1.02. The van der Waals surface area contributed by atoms with Crippen LogP contribution in [0.5, 0.6) is 0 Å². The second-order valence-electron chi connectivity index (χ2n) is 2.18. The van der Waals surface area contributed by atoms with Crippen LogP contribution in [-0.4, -0.2) is 23.7 Å². The summed E-state index contributed by atoms with van der Waals surface area (Å²) in [6.45, 7) is 0.436. The van der Waals surface area contributed by atoms with Crippen molar-refractivity contribution in [3.63, 3.8) is 0 Å². The standard InChI is InChI=1S/C5H11N5O2/c6-4(5(11)12)2-1-3-8-10-9-7/h4,8H,1-3,6H2,(H,11,12)/t4-/m0/s1. The Labute approximate surface area is 69.1 Å². The average molecular weight is 173 g/mol. The predicted octanol–water partition coefficient (Wildman–Crippen LogP) is -0.00660. The molecule has 0 rings (SSSR count). The zero-order valence-corrected chi connectivity index (χ0v) is 6.47. The van der Waals surface area contributed by atoms with Crippen molar-refractivity contribution in [2.75, 3.05) is 6.54 Å². The molecule has 0 aromatic heterocycles. The van der Waals surface area contributed by atoms with Crippen LogP contribution in [0, 0.1) is 0 Å². The Morgan fingerprint density at radius 1 is 1.83 bits per heavy atom. The van der Waals surface area contributed by atoms with Gasteiger partial charge in [-0.05, 0) is 18.1 Å². The number of nitrogens with two attached hydrogens (primary N) is 1. The molecule has 0 radical (unpaired) electrons. The first-order chi connectivity index (χ1) is 5.68. The Balaban J connectivity index is 3.31. The predicted molar refractivity (Wildman–Crippen MR) is 42.0 cm³/mol. The Hall–Kier alpha value is -1.46. The van der Waals surface area contributed by atoms with Gasteiger partial charge in [0.25, 0.3) is 0 Å². The van der Waals surface area contributed by atoms with Gasteiger partial charge < -0.3 is 10.8 Å². The minimum atomic E-state index is -1.02. The molecular formula is C5H11N5O2. The number of aliphatic carboxylic acids is 1. The second-order valence-corrected chi connectivity index (χ2v) is 2.18. The van der Waals surface area contributed by atoms with Gasteiger partial charge in [0.1, 0.15) is 6.04 Å². The maximum atomic E-state index is 10.2. The van der Waals surface area contributed by atoms with Gasteiger partial charge in [0.2, 0.25) is 0 Å². The van der Waals surface area contributed by atoms with Gasteiger partial charge in [0.05, 0.1) is 6.54 Å². The molecular weight excluding hydrogens is 162 g/mol. The fourth-order valence-electron chi connectivity index (χ4n) is 0.606. The normalized spacial score (nSPS) is 11.4. The molecule has 0 unspecified atom stereocenters. The van der Waals surface area contributed by atoms with E-state index in [-0.39, 0.29) is 0 Å². The highest BCUT2D eigenvalue weighted by atomic mass is 16.4. The summed E-state index contributed by atoms with van der Waals surface area (Å²) < 4.78 is 0. The third-order valence-electron chi connectivity index (χ3n) is 1.24. The first-order valence-corrected chi connectivity index (χ1v) is 3.44. The lowest BCUT2D eigenvalue weighted by Gasteiger charge is -2.03. The fraction of sp³-hybridized carbons (Fsp3) is 0.800. The second kappa shape index (κ2) is 6.26. The maximum Gasteiger partial charge on any atom is 0.320 e. The third-order valence-corrected chi connectivity index (χ3v) is 1.24. The summed E-state index contributed by atoms with van der Waals surface area (Å²) in [7, 11) is 0. The lowest BCUT2D eigenvalue weighted by atomic mass is 10.2. The molecule has 4 N–H and O–H groups in total. The van der Waals surface area contributed by atoms with E-state index in [0.717, 1.165) is 0 Å². The van der Waals surface area contributed by atoms with E-state index < -0.39 is 12.0 Å². The van der Waals surface area contributed by atoms with Crippen molar-refractivity contribution in [2.45, 2.75) is 18.9 Å². The molecule has 0 aliphatic heterocycles. The minimum absolute atomic E-state index is 0.364. The summed E-state index contributed by atoms with van der Waals surface area (Å²) in [6, 6.07) is -0.835. The Morgan fingerprint density at radius 2 is 2.50 bits per heavy atom. The highest BCUT2D eigenvalue weighted by Crippen LogP contribution is 1.92. The molecule has 68 valence electrons. The van der Waals surface area contributed by atoms with Crippen LogP contribution in [0.25, 0.3) is 10.4 Å². The van der Waals surface area contributed by atoms with Gasteiger partial charge in [0.15, 0.2) is 0 Å². The number of nitrogens with zero attached hydrogens (tertiary/aromatic N) is 3.